The monoisotopic (exact) mass is 517 g/mol. The van der Waals surface area contributed by atoms with Crippen molar-refractivity contribution in [2.24, 2.45) is 5.41 Å². The van der Waals surface area contributed by atoms with Crippen molar-refractivity contribution in [1.82, 2.24) is 25.0 Å². The summed E-state index contributed by atoms with van der Waals surface area (Å²) in [6.45, 7) is 9.89. The maximum atomic E-state index is 12.5. The fraction of sp³-hybridized carbons (Fsp3) is 0.636. The molecule has 1 spiro atoms. The van der Waals surface area contributed by atoms with Crippen LogP contribution in [0, 0.1) is 12.3 Å². The van der Waals surface area contributed by atoms with Gasteiger partial charge in [-0.1, -0.05) is 6.92 Å². The lowest BCUT2D eigenvalue weighted by molar-refractivity contribution is -0.192. The Hall–Kier alpha value is -2.51. The highest BCUT2D eigenvalue weighted by molar-refractivity contribution is 7.11. The van der Waals surface area contributed by atoms with E-state index in [-0.39, 0.29) is 11.3 Å². The molecule has 4 heterocycles. The van der Waals surface area contributed by atoms with Crippen molar-refractivity contribution < 1.29 is 32.6 Å². The lowest BCUT2D eigenvalue weighted by atomic mass is 9.79. The SMILES string of the molecule is CCCNC(=O)c1nnc2n1CC1(CCN(Cc3ccc(C)s3)CC1)COC2.O=C(O)C(F)(F)F. The fourth-order valence-electron chi connectivity index (χ4n) is 4.11. The Balaban J connectivity index is 0.000000429. The normalized spacial score (nSPS) is 17.7. The second-order valence-electron chi connectivity index (χ2n) is 8.87. The summed E-state index contributed by atoms with van der Waals surface area (Å²) in [7, 11) is 0. The van der Waals surface area contributed by atoms with Crippen LogP contribution < -0.4 is 5.32 Å². The van der Waals surface area contributed by atoms with Crippen LogP contribution in [0.3, 0.4) is 0 Å². The summed E-state index contributed by atoms with van der Waals surface area (Å²) in [5.74, 6) is -1.71. The number of fused-ring (bicyclic) bond motifs is 1. The number of hydrogen-bond donors (Lipinski definition) is 2. The van der Waals surface area contributed by atoms with Gasteiger partial charge in [-0.05, 0) is 51.4 Å². The number of carboxylic acids is 1. The van der Waals surface area contributed by atoms with E-state index in [2.05, 4.69) is 39.5 Å². The lowest BCUT2D eigenvalue weighted by Crippen LogP contribution is -2.44. The number of hydrogen-bond acceptors (Lipinski definition) is 7. The van der Waals surface area contributed by atoms with Crippen molar-refractivity contribution in [3.63, 3.8) is 0 Å². The molecule has 0 aliphatic carbocycles. The van der Waals surface area contributed by atoms with Crippen LogP contribution in [0.5, 0.6) is 0 Å². The second-order valence-corrected chi connectivity index (χ2v) is 10.2. The maximum absolute atomic E-state index is 12.5. The molecule has 0 atom stereocenters. The molecule has 1 saturated heterocycles. The van der Waals surface area contributed by atoms with Crippen LogP contribution in [0.25, 0.3) is 0 Å². The maximum Gasteiger partial charge on any atom is 0.490 e. The predicted molar refractivity (Wildman–Crippen MR) is 122 cm³/mol. The minimum atomic E-state index is -5.08. The first-order chi connectivity index (χ1) is 16.5. The Morgan fingerprint density at radius 2 is 1.94 bits per heavy atom. The highest BCUT2D eigenvalue weighted by Crippen LogP contribution is 2.37. The summed E-state index contributed by atoms with van der Waals surface area (Å²) in [4.78, 5) is 26.7. The summed E-state index contributed by atoms with van der Waals surface area (Å²) in [5, 5.41) is 18.4. The molecule has 2 aliphatic heterocycles. The minimum Gasteiger partial charge on any atom is -0.475 e. The van der Waals surface area contributed by atoms with Crippen molar-refractivity contribution in [1.29, 1.82) is 0 Å². The molecular weight excluding hydrogens is 487 g/mol. The van der Waals surface area contributed by atoms with Gasteiger partial charge in [0.25, 0.3) is 5.91 Å². The number of nitrogens with zero attached hydrogens (tertiary/aromatic N) is 4. The largest absolute Gasteiger partial charge is 0.490 e. The number of rotatable bonds is 5. The third-order valence-electron chi connectivity index (χ3n) is 6.03. The Kier molecular flexibility index (Phi) is 8.89. The van der Waals surface area contributed by atoms with Crippen LogP contribution in [-0.2, 0) is 29.2 Å². The zero-order valence-electron chi connectivity index (χ0n) is 19.7. The molecule has 2 aromatic rings. The molecule has 0 bridgehead atoms. The molecule has 1 amide bonds. The number of thiophene rings is 1. The number of alkyl halides is 3. The summed E-state index contributed by atoms with van der Waals surface area (Å²) in [6.07, 6.45) is -2.06. The van der Waals surface area contributed by atoms with Crippen LogP contribution in [0.1, 0.15) is 52.4 Å². The number of amides is 1. The number of ether oxygens (including phenoxy) is 1. The Morgan fingerprint density at radius 3 is 2.51 bits per heavy atom. The highest BCUT2D eigenvalue weighted by Gasteiger charge is 2.39. The number of carboxylic acid groups (broad SMARTS) is 1. The third kappa shape index (κ3) is 7.24. The van der Waals surface area contributed by atoms with Gasteiger partial charge in [0, 0.05) is 34.8 Å². The van der Waals surface area contributed by atoms with Gasteiger partial charge in [-0.2, -0.15) is 13.2 Å². The molecule has 2 aliphatic rings. The number of halogens is 3. The van der Waals surface area contributed by atoms with Crippen molar-refractivity contribution in [2.75, 3.05) is 26.2 Å². The van der Waals surface area contributed by atoms with Crippen LogP contribution in [0.4, 0.5) is 13.2 Å². The van der Waals surface area contributed by atoms with E-state index >= 15 is 0 Å². The van der Waals surface area contributed by atoms with Gasteiger partial charge in [0.2, 0.25) is 5.82 Å². The second kappa shape index (κ2) is 11.5. The smallest absolute Gasteiger partial charge is 0.475 e. The molecule has 4 rings (SSSR count). The van der Waals surface area contributed by atoms with Gasteiger partial charge in [-0.3, -0.25) is 9.69 Å². The first-order valence-corrected chi connectivity index (χ1v) is 12.2. The van der Waals surface area contributed by atoms with E-state index in [0.717, 1.165) is 57.9 Å². The number of carbonyl (C=O) groups excluding carboxylic acids is 1. The summed E-state index contributed by atoms with van der Waals surface area (Å²) >= 11 is 1.88. The summed E-state index contributed by atoms with van der Waals surface area (Å²) in [6, 6.07) is 4.44. The molecule has 13 heteroatoms. The van der Waals surface area contributed by atoms with Crippen LogP contribution in [-0.4, -0.2) is 69.1 Å². The number of piperidine rings is 1. The fourth-order valence-corrected chi connectivity index (χ4v) is 5.04. The number of carbonyl (C=O) groups is 2. The van der Waals surface area contributed by atoms with Crippen molar-refractivity contribution >= 4 is 23.2 Å². The van der Waals surface area contributed by atoms with E-state index in [0.29, 0.717) is 19.0 Å². The average molecular weight is 518 g/mol. The number of aryl methyl sites for hydroxylation is 1. The Morgan fingerprint density at radius 1 is 1.26 bits per heavy atom. The molecule has 0 aromatic carbocycles. The molecule has 2 aromatic heterocycles. The minimum absolute atomic E-state index is 0.0509. The van der Waals surface area contributed by atoms with Gasteiger partial charge in [-0.25, -0.2) is 4.79 Å². The Bertz CT molecular complexity index is 1020. The zero-order valence-corrected chi connectivity index (χ0v) is 20.5. The molecule has 9 nitrogen and oxygen atoms in total. The van der Waals surface area contributed by atoms with E-state index in [4.69, 9.17) is 14.6 Å². The van der Waals surface area contributed by atoms with Crippen molar-refractivity contribution in [3.8, 4) is 0 Å². The quantitative estimate of drug-likeness (QED) is 0.627. The molecule has 0 radical (unpaired) electrons. The van der Waals surface area contributed by atoms with Gasteiger partial charge in [0.1, 0.15) is 6.61 Å². The molecule has 1 fully saturated rings. The van der Waals surface area contributed by atoms with Crippen molar-refractivity contribution in [2.45, 2.75) is 59.0 Å². The molecule has 194 valence electrons. The molecule has 0 saturated carbocycles. The first-order valence-electron chi connectivity index (χ1n) is 11.4. The molecular formula is C22H30F3N5O4S. The van der Waals surface area contributed by atoms with E-state index in [1.54, 1.807) is 0 Å². The highest BCUT2D eigenvalue weighted by atomic mass is 32.1. The van der Waals surface area contributed by atoms with E-state index in [9.17, 15) is 18.0 Å². The van der Waals surface area contributed by atoms with Crippen LogP contribution in [0.2, 0.25) is 0 Å². The van der Waals surface area contributed by atoms with E-state index in [1.807, 2.05) is 22.8 Å². The number of nitrogens with one attached hydrogen (secondary N) is 1. The predicted octanol–water partition coefficient (Wildman–Crippen LogP) is 3.23. The zero-order chi connectivity index (χ0) is 25.6. The number of likely N-dealkylation sites (tertiary alicyclic amines) is 1. The molecule has 2 N–H and O–H groups in total. The van der Waals surface area contributed by atoms with E-state index < -0.39 is 12.1 Å². The number of aromatic nitrogens is 3. The topological polar surface area (TPSA) is 110 Å². The van der Waals surface area contributed by atoms with Gasteiger partial charge in [0.05, 0.1) is 6.61 Å². The lowest BCUT2D eigenvalue weighted by Gasteiger charge is -2.41. The first kappa shape index (κ1) is 27.1. The van der Waals surface area contributed by atoms with E-state index in [1.165, 1.54) is 9.75 Å². The van der Waals surface area contributed by atoms with Gasteiger partial charge in [-0.15, -0.1) is 21.5 Å². The molecule has 0 unspecified atom stereocenters. The van der Waals surface area contributed by atoms with Gasteiger partial charge in [0.15, 0.2) is 5.82 Å². The molecule has 35 heavy (non-hydrogen) atoms. The third-order valence-corrected chi connectivity index (χ3v) is 7.02. The Labute approximate surface area is 205 Å². The standard InChI is InChI=1S/C20H29N5O2S.C2HF3O2/c1-3-8-21-19(26)18-23-22-17-12-27-14-20(13-25(17)18)6-9-24(10-7-20)11-16-5-4-15(2)28-16;3-2(4,5)1(6)7/h4-5H,3,6-14H2,1-2H3,(H,21,26);(H,6,7). The average Bonchev–Trinajstić information content (AvgIpc) is 3.34. The van der Waals surface area contributed by atoms with Crippen molar-refractivity contribution in [3.05, 3.63) is 33.5 Å². The van der Waals surface area contributed by atoms with Crippen LogP contribution >= 0.6 is 11.3 Å². The van der Waals surface area contributed by atoms with Crippen LogP contribution in [0.15, 0.2) is 12.1 Å². The van der Waals surface area contributed by atoms with Gasteiger partial charge >= 0.3 is 12.1 Å². The van der Waals surface area contributed by atoms with Gasteiger partial charge < -0.3 is 19.7 Å². The number of aliphatic carboxylic acids is 1. The summed E-state index contributed by atoms with van der Waals surface area (Å²) in [5.41, 5.74) is 0.0509. The summed E-state index contributed by atoms with van der Waals surface area (Å²) < 4.78 is 39.7.